The number of anilines is 1. The van der Waals surface area contributed by atoms with Gasteiger partial charge in [-0.2, -0.15) is 0 Å². The molecule has 0 bridgehead atoms. The number of benzene rings is 2. The van der Waals surface area contributed by atoms with Crippen molar-refractivity contribution in [3.05, 3.63) is 65.0 Å². The van der Waals surface area contributed by atoms with E-state index in [1.165, 1.54) is 26.9 Å². The summed E-state index contributed by atoms with van der Waals surface area (Å²) in [4.78, 5) is 0. The summed E-state index contributed by atoms with van der Waals surface area (Å²) in [6, 6.07) is 17.2. The van der Waals surface area contributed by atoms with Gasteiger partial charge in [0.1, 0.15) is 0 Å². The van der Waals surface area contributed by atoms with E-state index in [2.05, 4.69) is 66.2 Å². The highest BCUT2D eigenvalue weighted by Gasteiger charge is 1.99. The molecular weight excluding hydrogens is 238 g/mol. The van der Waals surface area contributed by atoms with Crippen LogP contribution in [-0.4, -0.2) is 0 Å². The fourth-order valence-electron chi connectivity index (χ4n) is 2.08. The average molecular weight is 253 g/mol. The van der Waals surface area contributed by atoms with E-state index in [0.717, 1.165) is 6.54 Å². The van der Waals surface area contributed by atoms with Crippen molar-refractivity contribution >= 4 is 27.1 Å². The number of rotatable bonds is 3. The van der Waals surface area contributed by atoms with Gasteiger partial charge in [-0.25, -0.2) is 0 Å². The molecule has 0 aliphatic heterocycles. The van der Waals surface area contributed by atoms with Gasteiger partial charge in [-0.1, -0.05) is 24.3 Å². The number of hydrogen-bond acceptors (Lipinski definition) is 2. The van der Waals surface area contributed by atoms with E-state index in [4.69, 9.17) is 0 Å². The monoisotopic (exact) mass is 253 g/mol. The highest BCUT2D eigenvalue weighted by Crippen LogP contribution is 2.24. The molecular formula is C16H15NS. The maximum Gasteiger partial charge on any atom is 0.0403 e. The van der Waals surface area contributed by atoms with Crippen LogP contribution in [0.15, 0.2) is 53.9 Å². The highest BCUT2D eigenvalue weighted by atomic mass is 32.1. The van der Waals surface area contributed by atoms with Crippen molar-refractivity contribution in [2.45, 2.75) is 13.5 Å². The minimum absolute atomic E-state index is 0.877. The van der Waals surface area contributed by atoms with Gasteiger partial charge in [-0.3, -0.25) is 0 Å². The van der Waals surface area contributed by atoms with Crippen LogP contribution in [0, 0.1) is 6.92 Å². The quantitative estimate of drug-likeness (QED) is 0.705. The van der Waals surface area contributed by atoms with E-state index in [1.54, 1.807) is 11.3 Å². The molecule has 18 heavy (non-hydrogen) atoms. The summed E-state index contributed by atoms with van der Waals surface area (Å²) in [5.74, 6) is 0. The van der Waals surface area contributed by atoms with Crippen molar-refractivity contribution in [2.24, 2.45) is 0 Å². The zero-order valence-corrected chi connectivity index (χ0v) is 11.1. The third-order valence-corrected chi connectivity index (χ3v) is 4.09. The predicted molar refractivity (Wildman–Crippen MR) is 80.3 cm³/mol. The van der Waals surface area contributed by atoms with Gasteiger partial charge in [0.15, 0.2) is 0 Å². The number of aryl methyl sites for hydroxylation is 1. The molecule has 90 valence electrons. The largest absolute Gasteiger partial charge is 0.381 e. The Bertz CT molecular complexity index is 669. The average Bonchev–Trinajstić information content (AvgIpc) is 2.85. The lowest BCUT2D eigenvalue weighted by molar-refractivity contribution is 1.12. The Balaban J connectivity index is 1.78. The first-order valence-corrected chi connectivity index (χ1v) is 6.96. The molecule has 3 rings (SSSR count). The molecule has 2 heteroatoms. The van der Waals surface area contributed by atoms with Crippen molar-refractivity contribution in [2.75, 3.05) is 5.32 Å². The zero-order valence-electron chi connectivity index (χ0n) is 10.3. The molecule has 1 aromatic heterocycles. The first kappa shape index (κ1) is 11.3. The minimum atomic E-state index is 0.877. The second-order valence-electron chi connectivity index (χ2n) is 4.45. The molecule has 0 amide bonds. The summed E-state index contributed by atoms with van der Waals surface area (Å²) in [7, 11) is 0. The molecule has 0 aliphatic rings. The Labute approximate surface area is 111 Å². The molecule has 1 nitrogen and oxygen atoms in total. The molecule has 0 saturated heterocycles. The molecule has 1 heterocycles. The number of hydrogen-bond donors (Lipinski definition) is 1. The zero-order chi connectivity index (χ0) is 12.4. The van der Waals surface area contributed by atoms with Crippen LogP contribution in [-0.2, 0) is 6.54 Å². The van der Waals surface area contributed by atoms with Crippen LogP contribution in [0.2, 0.25) is 0 Å². The van der Waals surface area contributed by atoms with Crippen LogP contribution in [0.5, 0.6) is 0 Å². The van der Waals surface area contributed by atoms with Crippen LogP contribution >= 0.6 is 11.3 Å². The van der Waals surface area contributed by atoms with E-state index < -0.39 is 0 Å². The van der Waals surface area contributed by atoms with Crippen LogP contribution < -0.4 is 5.32 Å². The summed E-state index contributed by atoms with van der Waals surface area (Å²) in [6.45, 7) is 3.03. The SMILES string of the molecule is Cc1ccccc1CNc1ccc2sccc2c1. The van der Waals surface area contributed by atoms with E-state index in [1.807, 2.05) is 0 Å². The van der Waals surface area contributed by atoms with Crippen LogP contribution in [0.3, 0.4) is 0 Å². The fraction of sp³-hybridized carbons (Fsp3) is 0.125. The molecule has 1 N–H and O–H groups in total. The van der Waals surface area contributed by atoms with Gasteiger partial charge in [0.25, 0.3) is 0 Å². The molecule has 0 aliphatic carbocycles. The predicted octanol–water partition coefficient (Wildman–Crippen LogP) is 4.82. The second-order valence-corrected chi connectivity index (χ2v) is 5.40. The highest BCUT2D eigenvalue weighted by molar-refractivity contribution is 7.17. The van der Waals surface area contributed by atoms with Gasteiger partial charge in [0.2, 0.25) is 0 Å². The van der Waals surface area contributed by atoms with Gasteiger partial charge < -0.3 is 5.32 Å². The van der Waals surface area contributed by atoms with Gasteiger partial charge >= 0.3 is 0 Å². The van der Waals surface area contributed by atoms with Gasteiger partial charge in [-0.15, -0.1) is 11.3 Å². The van der Waals surface area contributed by atoms with Crippen LogP contribution in [0.25, 0.3) is 10.1 Å². The van der Waals surface area contributed by atoms with Crippen molar-refractivity contribution < 1.29 is 0 Å². The third kappa shape index (κ3) is 2.24. The van der Waals surface area contributed by atoms with E-state index in [0.29, 0.717) is 0 Å². The Hall–Kier alpha value is -1.80. The Morgan fingerprint density at radius 2 is 1.94 bits per heavy atom. The number of nitrogens with one attached hydrogen (secondary N) is 1. The molecule has 2 aromatic carbocycles. The first-order valence-electron chi connectivity index (χ1n) is 6.08. The Morgan fingerprint density at radius 3 is 2.83 bits per heavy atom. The second kappa shape index (κ2) is 4.83. The lowest BCUT2D eigenvalue weighted by Gasteiger charge is -2.09. The lowest BCUT2D eigenvalue weighted by Crippen LogP contribution is -2.00. The van der Waals surface area contributed by atoms with Gasteiger partial charge in [-0.05, 0) is 53.1 Å². The van der Waals surface area contributed by atoms with Crippen molar-refractivity contribution in [3.63, 3.8) is 0 Å². The molecule has 0 saturated carbocycles. The molecule has 3 aromatic rings. The summed E-state index contributed by atoms with van der Waals surface area (Å²) in [6.07, 6.45) is 0. The smallest absolute Gasteiger partial charge is 0.0403 e. The number of thiophene rings is 1. The van der Waals surface area contributed by atoms with E-state index in [9.17, 15) is 0 Å². The standard InChI is InChI=1S/C16H15NS/c1-12-4-2-3-5-14(12)11-17-15-6-7-16-13(10-15)8-9-18-16/h2-10,17H,11H2,1H3. The Kier molecular flexibility index (Phi) is 3.03. The summed E-state index contributed by atoms with van der Waals surface area (Å²) >= 11 is 1.79. The summed E-state index contributed by atoms with van der Waals surface area (Å²) < 4.78 is 1.34. The summed E-state index contributed by atoms with van der Waals surface area (Å²) in [5, 5.41) is 6.94. The molecule has 0 unspecified atom stereocenters. The topological polar surface area (TPSA) is 12.0 Å². The normalized spacial score (nSPS) is 10.7. The molecule has 0 spiro atoms. The Morgan fingerprint density at radius 1 is 1.06 bits per heavy atom. The van der Waals surface area contributed by atoms with Crippen molar-refractivity contribution in [1.29, 1.82) is 0 Å². The van der Waals surface area contributed by atoms with E-state index >= 15 is 0 Å². The maximum absolute atomic E-state index is 3.49. The fourth-order valence-corrected chi connectivity index (χ4v) is 2.85. The first-order chi connectivity index (χ1) is 8.83. The van der Waals surface area contributed by atoms with Gasteiger partial charge in [0.05, 0.1) is 0 Å². The lowest BCUT2D eigenvalue weighted by atomic mass is 10.1. The molecule has 0 fully saturated rings. The molecule has 0 atom stereocenters. The summed E-state index contributed by atoms with van der Waals surface area (Å²) in [5.41, 5.74) is 3.87. The van der Waals surface area contributed by atoms with Crippen LogP contribution in [0.4, 0.5) is 5.69 Å². The van der Waals surface area contributed by atoms with Crippen molar-refractivity contribution in [3.8, 4) is 0 Å². The van der Waals surface area contributed by atoms with E-state index in [-0.39, 0.29) is 0 Å². The van der Waals surface area contributed by atoms with Gasteiger partial charge in [0, 0.05) is 16.9 Å². The minimum Gasteiger partial charge on any atom is -0.381 e. The van der Waals surface area contributed by atoms with Crippen LogP contribution in [0.1, 0.15) is 11.1 Å². The maximum atomic E-state index is 3.49. The number of fused-ring (bicyclic) bond motifs is 1. The van der Waals surface area contributed by atoms with Crippen molar-refractivity contribution in [1.82, 2.24) is 0 Å². The third-order valence-electron chi connectivity index (χ3n) is 3.20. The molecule has 0 radical (unpaired) electrons.